The van der Waals surface area contributed by atoms with Crippen LogP contribution in [0, 0.1) is 11.7 Å². The Kier molecular flexibility index (Phi) is 3.85. The summed E-state index contributed by atoms with van der Waals surface area (Å²) in [6.07, 6.45) is 0. The predicted molar refractivity (Wildman–Crippen MR) is 101 cm³/mol. The first-order valence-corrected chi connectivity index (χ1v) is 8.34. The molecule has 26 heavy (non-hydrogen) atoms. The Hall–Kier alpha value is -3.32. The van der Waals surface area contributed by atoms with Crippen LogP contribution in [0.15, 0.2) is 54.6 Å². The van der Waals surface area contributed by atoms with Crippen LogP contribution in [0.5, 0.6) is 0 Å². The molecule has 0 aliphatic heterocycles. The van der Waals surface area contributed by atoms with E-state index in [4.69, 9.17) is 12.2 Å². The lowest BCUT2D eigenvalue weighted by atomic mass is 10.1. The topological polar surface area (TPSA) is 83.8 Å². The van der Waals surface area contributed by atoms with Crippen molar-refractivity contribution in [3.63, 3.8) is 0 Å². The predicted octanol–water partition coefficient (Wildman–Crippen LogP) is 4.15. The average Bonchev–Trinajstić information content (AvgIpc) is 2.97. The van der Waals surface area contributed by atoms with Gasteiger partial charge < -0.3 is 10.1 Å². The quantitative estimate of drug-likeness (QED) is 0.535. The third-order valence-corrected chi connectivity index (χ3v) is 4.35. The molecule has 0 atom stereocenters. The maximum Gasteiger partial charge on any atom is 0.356 e. The number of para-hydroxylation sites is 1. The fraction of sp³-hybridized carbons (Fsp3) is 0.0526. The van der Waals surface area contributed by atoms with Gasteiger partial charge in [-0.2, -0.15) is 0 Å². The summed E-state index contributed by atoms with van der Waals surface area (Å²) >= 11 is 5.40. The van der Waals surface area contributed by atoms with E-state index in [0.29, 0.717) is 21.8 Å². The van der Waals surface area contributed by atoms with Gasteiger partial charge in [-0.3, -0.25) is 4.57 Å². The van der Waals surface area contributed by atoms with Crippen LogP contribution in [0.1, 0.15) is 16.1 Å². The van der Waals surface area contributed by atoms with E-state index in [1.807, 2.05) is 61.5 Å². The van der Waals surface area contributed by atoms with Crippen LogP contribution in [0.2, 0.25) is 0 Å². The van der Waals surface area contributed by atoms with Gasteiger partial charge in [0.15, 0.2) is 21.9 Å². The molecule has 2 N–H and O–H groups in total. The number of hydrogen-bond acceptors (Lipinski definition) is 4. The van der Waals surface area contributed by atoms with Crippen molar-refractivity contribution in [1.29, 1.82) is 0 Å². The van der Waals surface area contributed by atoms with E-state index in [1.165, 1.54) is 0 Å². The van der Waals surface area contributed by atoms with Crippen LogP contribution in [0.3, 0.4) is 0 Å². The number of aryl methyl sites for hydroxylation is 1. The second kappa shape index (κ2) is 6.20. The first-order valence-electron chi connectivity index (χ1n) is 7.93. The van der Waals surface area contributed by atoms with Crippen molar-refractivity contribution in [3.05, 3.63) is 70.6 Å². The minimum atomic E-state index is -1.14. The van der Waals surface area contributed by atoms with Crippen LogP contribution in [0.4, 0.5) is 0 Å². The van der Waals surface area contributed by atoms with Gasteiger partial charge in [-0.15, -0.1) is 0 Å². The van der Waals surface area contributed by atoms with Crippen LogP contribution >= 0.6 is 12.2 Å². The zero-order valence-corrected chi connectivity index (χ0v) is 14.6. The Morgan fingerprint density at radius 3 is 2.42 bits per heavy atom. The van der Waals surface area contributed by atoms with Gasteiger partial charge in [-0.1, -0.05) is 48.0 Å². The summed E-state index contributed by atoms with van der Waals surface area (Å²) < 4.78 is 2.08. The van der Waals surface area contributed by atoms with E-state index < -0.39 is 5.97 Å². The van der Waals surface area contributed by atoms with Crippen molar-refractivity contribution in [2.24, 2.45) is 0 Å². The molecule has 0 aliphatic carbocycles. The zero-order chi connectivity index (χ0) is 18.3. The summed E-state index contributed by atoms with van der Waals surface area (Å²) in [5, 5.41) is 9.62. The Morgan fingerprint density at radius 1 is 1.08 bits per heavy atom. The van der Waals surface area contributed by atoms with E-state index in [-0.39, 0.29) is 5.69 Å². The Morgan fingerprint density at radius 2 is 1.77 bits per heavy atom. The number of imidazole rings is 1. The van der Waals surface area contributed by atoms with Gasteiger partial charge in [-0.25, -0.2) is 14.8 Å². The number of aromatic nitrogens is 4. The molecular formula is C19H14N4O2S. The standard InChI is InChI=1S/C19H14N4O2S/c1-11-7-9-12(10-8-11)16-20-15(18(24)25)14-17(22-16)23(19(26)21-14)13-5-3-2-4-6-13/h2-10H,1H3,(H,21,26)(H,24,25). The fourth-order valence-corrected chi connectivity index (χ4v) is 3.08. The third-order valence-electron chi connectivity index (χ3n) is 4.06. The molecule has 0 aliphatic rings. The normalized spacial score (nSPS) is 11.0. The second-order valence-electron chi connectivity index (χ2n) is 5.87. The largest absolute Gasteiger partial charge is 0.476 e. The molecule has 2 aromatic carbocycles. The maximum absolute atomic E-state index is 11.8. The summed E-state index contributed by atoms with van der Waals surface area (Å²) in [6.45, 7) is 1.98. The van der Waals surface area contributed by atoms with Crippen LogP contribution in [-0.4, -0.2) is 30.6 Å². The van der Waals surface area contributed by atoms with Gasteiger partial charge in [-0.05, 0) is 31.3 Å². The van der Waals surface area contributed by atoms with Crippen LogP contribution < -0.4 is 0 Å². The second-order valence-corrected chi connectivity index (χ2v) is 6.25. The van der Waals surface area contributed by atoms with Crippen LogP contribution in [0.25, 0.3) is 28.2 Å². The van der Waals surface area contributed by atoms with Crippen molar-refractivity contribution in [2.75, 3.05) is 0 Å². The summed E-state index contributed by atoms with van der Waals surface area (Å²) in [6, 6.07) is 17.1. The number of nitrogens with zero attached hydrogens (tertiary/aromatic N) is 3. The number of benzene rings is 2. The molecule has 128 valence electrons. The Bertz CT molecular complexity index is 1180. The molecule has 7 heteroatoms. The average molecular weight is 362 g/mol. The molecule has 2 aromatic heterocycles. The Labute approximate surface area is 153 Å². The third kappa shape index (κ3) is 2.68. The highest BCUT2D eigenvalue weighted by Gasteiger charge is 2.20. The molecule has 0 amide bonds. The number of rotatable bonds is 3. The number of fused-ring (bicyclic) bond motifs is 1. The number of carbonyl (C=O) groups is 1. The van der Waals surface area contributed by atoms with E-state index in [2.05, 4.69) is 15.0 Å². The lowest BCUT2D eigenvalue weighted by Crippen LogP contribution is -2.06. The highest BCUT2D eigenvalue weighted by atomic mass is 32.1. The summed E-state index contributed by atoms with van der Waals surface area (Å²) in [4.78, 5) is 23.5. The summed E-state index contributed by atoms with van der Waals surface area (Å²) in [5.74, 6) is -0.796. The molecule has 6 nitrogen and oxygen atoms in total. The van der Waals surface area contributed by atoms with Gasteiger partial charge in [0.05, 0.1) is 0 Å². The molecule has 4 aromatic rings. The van der Waals surface area contributed by atoms with Gasteiger partial charge in [0, 0.05) is 11.3 Å². The number of H-pyrrole nitrogens is 1. The molecule has 0 saturated carbocycles. The lowest BCUT2D eigenvalue weighted by molar-refractivity contribution is 0.0692. The van der Waals surface area contributed by atoms with Crippen molar-refractivity contribution in [2.45, 2.75) is 6.92 Å². The van der Waals surface area contributed by atoms with Gasteiger partial charge in [0.25, 0.3) is 0 Å². The number of aromatic amines is 1. The molecule has 0 radical (unpaired) electrons. The smallest absolute Gasteiger partial charge is 0.356 e. The summed E-state index contributed by atoms with van der Waals surface area (Å²) in [5.41, 5.74) is 3.28. The van der Waals surface area contributed by atoms with Crippen molar-refractivity contribution < 1.29 is 9.90 Å². The van der Waals surface area contributed by atoms with E-state index in [0.717, 1.165) is 16.8 Å². The first-order chi connectivity index (χ1) is 12.5. The fourth-order valence-electron chi connectivity index (χ4n) is 2.79. The molecule has 2 heterocycles. The molecule has 0 bridgehead atoms. The highest BCUT2D eigenvalue weighted by Crippen LogP contribution is 2.24. The van der Waals surface area contributed by atoms with E-state index in [9.17, 15) is 9.90 Å². The number of nitrogens with one attached hydrogen (secondary N) is 1. The van der Waals surface area contributed by atoms with Gasteiger partial charge >= 0.3 is 5.97 Å². The van der Waals surface area contributed by atoms with Gasteiger partial charge in [0.2, 0.25) is 0 Å². The first kappa shape index (κ1) is 16.2. The molecule has 0 unspecified atom stereocenters. The van der Waals surface area contributed by atoms with E-state index in [1.54, 1.807) is 4.57 Å². The number of carboxylic acid groups (broad SMARTS) is 1. The number of hydrogen-bond donors (Lipinski definition) is 2. The van der Waals surface area contributed by atoms with Crippen molar-refractivity contribution >= 4 is 29.4 Å². The van der Waals surface area contributed by atoms with Crippen molar-refractivity contribution in [1.82, 2.24) is 19.5 Å². The minimum absolute atomic E-state index is 0.105. The number of aromatic carboxylic acids is 1. The molecule has 0 saturated heterocycles. The monoisotopic (exact) mass is 362 g/mol. The maximum atomic E-state index is 11.8. The summed E-state index contributed by atoms with van der Waals surface area (Å²) in [7, 11) is 0. The van der Waals surface area contributed by atoms with E-state index >= 15 is 0 Å². The zero-order valence-electron chi connectivity index (χ0n) is 13.8. The van der Waals surface area contributed by atoms with Gasteiger partial charge in [0.1, 0.15) is 5.52 Å². The lowest BCUT2D eigenvalue weighted by Gasteiger charge is -2.07. The molecule has 4 rings (SSSR count). The minimum Gasteiger partial charge on any atom is -0.476 e. The molecular weight excluding hydrogens is 348 g/mol. The number of carboxylic acids is 1. The highest BCUT2D eigenvalue weighted by molar-refractivity contribution is 7.71. The molecule has 0 fully saturated rings. The van der Waals surface area contributed by atoms with Crippen LogP contribution in [-0.2, 0) is 0 Å². The SMILES string of the molecule is Cc1ccc(-c2nc(C(=O)O)c3[nH]c(=S)n(-c4ccccc4)c3n2)cc1. The Balaban J connectivity index is 2.06. The van der Waals surface area contributed by atoms with Crippen molar-refractivity contribution in [3.8, 4) is 17.1 Å². The molecule has 0 spiro atoms.